The van der Waals surface area contributed by atoms with Crippen LogP contribution in [0.25, 0.3) is 0 Å². The molecule has 7 heteroatoms. The highest BCUT2D eigenvalue weighted by molar-refractivity contribution is 5.45. The smallest absolute Gasteiger partial charge is 0.232 e. The number of piperazine rings is 1. The van der Waals surface area contributed by atoms with Crippen molar-refractivity contribution in [1.82, 2.24) is 20.3 Å². The van der Waals surface area contributed by atoms with Crippen LogP contribution in [0.2, 0.25) is 0 Å². The van der Waals surface area contributed by atoms with Crippen molar-refractivity contribution in [2.75, 3.05) is 60.9 Å². The molecule has 7 nitrogen and oxygen atoms in total. The Kier molecular flexibility index (Phi) is 5.98. The maximum atomic E-state index is 4.67. The second-order valence-corrected chi connectivity index (χ2v) is 5.10. The molecule has 0 spiro atoms. The maximum absolute atomic E-state index is 4.67. The molecule has 21 heavy (non-hydrogen) atoms. The normalized spacial score (nSPS) is 15.1. The number of anilines is 3. The highest BCUT2D eigenvalue weighted by Crippen LogP contribution is 2.17. The summed E-state index contributed by atoms with van der Waals surface area (Å²) in [6.07, 6.45) is 1.05. The molecule has 1 saturated heterocycles. The summed E-state index contributed by atoms with van der Waals surface area (Å²) < 4.78 is 0. The van der Waals surface area contributed by atoms with Gasteiger partial charge in [0.25, 0.3) is 0 Å². The highest BCUT2D eigenvalue weighted by atomic mass is 15.4. The van der Waals surface area contributed by atoms with Gasteiger partial charge in [0.2, 0.25) is 17.8 Å². The van der Waals surface area contributed by atoms with E-state index in [1.807, 2.05) is 0 Å². The lowest BCUT2D eigenvalue weighted by atomic mass is 10.4. The fourth-order valence-electron chi connectivity index (χ4n) is 2.32. The van der Waals surface area contributed by atoms with Gasteiger partial charge in [-0.15, -0.1) is 0 Å². The zero-order valence-corrected chi connectivity index (χ0v) is 13.4. The van der Waals surface area contributed by atoms with Crippen LogP contribution in [0.5, 0.6) is 0 Å². The molecule has 1 aromatic heterocycles. The SMILES string of the molecule is CCCNc1nc(N(CC)CC)nc(N2CCNCC2)n1. The molecule has 1 aliphatic rings. The van der Waals surface area contributed by atoms with Crippen molar-refractivity contribution in [1.29, 1.82) is 0 Å². The van der Waals surface area contributed by atoms with Crippen LogP contribution in [0.15, 0.2) is 0 Å². The third-order valence-electron chi connectivity index (χ3n) is 3.59. The van der Waals surface area contributed by atoms with Crippen molar-refractivity contribution in [2.24, 2.45) is 0 Å². The summed E-state index contributed by atoms with van der Waals surface area (Å²) in [5.74, 6) is 2.23. The topological polar surface area (TPSA) is 69.2 Å². The van der Waals surface area contributed by atoms with E-state index in [1.54, 1.807) is 0 Å². The van der Waals surface area contributed by atoms with Crippen molar-refractivity contribution in [2.45, 2.75) is 27.2 Å². The molecule has 0 aliphatic carbocycles. The molecular formula is C14H27N7. The number of rotatable bonds is 7. The van der Waals surface area contributed by atoms with Crippen molar-refractivity contribution in [3.63, 3.8) is 0 Å². The van der Waals surface area contributed by atoms with Crippen LogP contribution < -0.4 is 20.4 Å². The Balaban J connectivity index is 2.26. The van der Waals surface area contributed by atoms with E-state index in [0.717, 1.165) is 64.1 Å². The Morgan fingerprint density at radius 2 is 1.81 bits per heavy atom. The number of nitrogens with one attached hydrogen (secondary N) is 2. The monoisotopic (exact) mass is 293 g/mol. The molecule has 0 aromatic carbocycles. The second-order valence-electron chi connectivity index (χ2n) is 5.10. The molecule has 2 rings (SSSR count). The number of nitrogens with zero attached hydrogens (tertiary/aromatic N) is 5. The summed E-state index contributed by atoms with van der Waals surface area (Å²) in [6, 6.07) is 0. The molecule has 0 saturated carbocycles. The summed E-state index contributed by atoms with van der Waals surface area (Å²) in [5.41, 5.74) is 0. The number of hydrogen-bond acceptors (Lipinski definition) is 7. The van der Waals surface area contributed by atoms with Gasteiger partial charge in [-0.1, -0.05) is 6.92 Å². The average Bonchev–Trinajstić information content (AvgIpc) is 2.55. The predicted molar refractivity (Wildman–Crippen MR) is 87.3 cm³/mol. The Hall–Kier alpha value is -1.63. The van der Waals surface area contributed by atoms with Gasteiger partial charge in [0, 0.05) is 45.8 Å². The van der Waals surface area contributed by atoms with E-state index >= 15 is 0 Å². The van der Waals surface area contributed by atoms with Crippen LogP contribution in [0.4, 0.5) is 17.8 Å². The van der Waals surface area contributed by atoms with E-state index in [2.05, 4.69) is 56.2 Å². The third-order valence-corrected chi connectivity index (χ3v) is 3.59. The number of aromatic nitrogens is 3. The fraction of sp³-hybridized carbons (Fsp3) is 0.786. The lowest BCUT2D eigenvalue weighted by Crippen LogP contribution is -2.44. The first-order chi connectivity index (χ1) is 10.3. The third kappa shape index (κ3) is 4.17. The first-order valence-electron chi connectivity index (χ1n) is 7.99. The van der Waals surface area contributed by atoms with Gasteiger partial charge in [-0.05, 0) is 20.3 Å². The Morgan fingerprint density at radius 3 is 2.43 bits per heavy atom. The molecule has 0 atom stereocenters. The second kappa shape index (κ2) is 7.97. The number of hydrogen-bond donors (Lipinski definition) is 2. The molecule has 1 fully saturated rings. The summed E-state index contributed by atoms with van der Waals surface area (Å²) in [6.45, 7) is 12.9. The first kappa shape index (κ1) is 15.8. The van der Waals surface area contributed by atoms with Crippen LogP contribution in [-0.4, -0.2) is 60.8 Å². The molecular weight excluding hydrogens is 266 g/mol. The highest BCUT2D eigenvalue weighted by Gasteiger charge is 2.17. The zero-order valence-electron chi connectivity index (χ0n) is 13.4. The van der Waals surface area contributed by atoms with Gasteiger partial charge < -0.3 is 20.4 Å². The van der Waals surface area contributed by atoms with Crippen molar-refractivity contribution >= 4 is 17.8 Å². The molecule has 0 amide bonds. The van der Waals surface area contributed by atoms with Crippen LogP contribution >= 0.6 is 0 Å². The molecule has 2 N–H and O–H groups in total. The van der Waals surface area contributed by atoms with E-state index in [0.29, 0.717) is 5.95 Å². The first-order valence-corrected chi connectivity index (χ1v) is 7.99. The van der Waals surface area contributed by atoms with E-state index in [9.17, 15) is 0 Å². The quantitative estimate of drug-likeness (QED) is 0.775. The largest absolute Gasteiger partial charge is 0.354 e. The zero-order chi connectivity index (χ0) is 15.1. The summed E-state index contributed by atoms with van der Waals surface area (Å²) in [5, 5.41) is 6.64. The van der Waals surface area contributed by atoms with Gasteiger partial charge in [-0.2, -0.15) is 15.0 Å². The van der Waals surface area contributed by atoms with Crippen LogP contribution in [0.3, 0.4) is 0 Å². The molecule has 2 heterocycles. The lowest BCUT2D eigenvalue weighted by molar-refractivity contribution is 0.578. The minimum atomic E-state index is 0.683. The molecule has 0 unspecified atom stereocenters. The Labute approximate surface area is 127 Å². The van der Waals surface area contributed by atoms with E-state index in [1.165, 1.54) is 0 Å². The Bertz CT molecular complexity index is 427. The van der Waals surface area contributed by atoms with Crippen molar-refractivity contribution in [3.05, 3.63) is 0 Å². The average molecular weight is 293 g/mol. The van der Waals surface area contributed by atoms with Crippen LogP contribution in [0.1, 0.15) is 27.2 Å². The molecule has 1 aliphatic heterocycles. The van der Waals surface area contributed by atoms with Gasteiger partial charge in [0.1, 0.15) is 0 Å². The van der Waals surface area contributed by atoms with E-state index in [4.69, 9.17) is 0 Å². The standard InChI is InChI=1S/C14H27N7/c1-4-7-16-12-17-13(20(5-2)6-3)19-14(18-12)21-10-8-15-9-11-21/h15H,4-11H2,1-3H3,(H,16,17,18,19). The van der Waals surface area contributed by atoms with Gasteiger partial charge in [-0.3, -0.25) is 0 Å². The van der Waals surface area contributed by atoms with Gasteiger partial charge in [0.15, 0.2) is 0 Å². The molecule has 118 valence electrons. The Morgan fingerprint density at radius 1 is 1.10 bits per heavy atom. The van der Waals surface area contributed by atoms with E-state index < -0.39 is 0 Å². The molecule has 0 radical (unpaired) electrons. The van der Waals surface area contributed by atoms with Gasteiger partial charge in [-0.25, -0.2) is 0 Å². The fourth-order valence-corrected chi connectivity index (χ4v) is 2.32. The maximum Gasteiger partial charge on any atom is 0.232 e. The molecule has 1 aromatic rings. The lowest BCUT2D eigenvalue weighted by Gasteiger charge is -2.28. The van der Waals surface area contributed by atoms with Crippen molar-refractivity contribution in [3.8, 4) is 0 Å². The summed E-state index contributed by atoms with van der Waals surface area (Å²) in [4.78, 5) is 18.2. The van der Waals surface area contributed by atoms with Gasteiger partial charge in [0.05, 0.1) is 0 Å². The predicted octanol–water partition coefficient (Wildman–Crippen LogP) is 0.949. The summed E-state index contributed by atoms with van der Waals surface area (Å²) >= 11 is 0. The van der Waals surface area contributed by atoms with Crippen molar-refractivity contribution < 1.29 is 0 Å². The molecule has 0 bridgehead atoms. The van der Waals surface area contributed by atoms with Crippen LogP contribution in [-0.2, 0) is 0 Å². The van der Waals surface area contributed by atoms with E-state index in [-0.39, 0.29) is 0 Å². The van der Waals surface area contributed by atoms with Gasteiger partial charge >= 0.3 is 0 Å². The minimum absolute atomic E-state index is 0.683. The summed E-state index contributed by atoms with van der Waals surface area (Å²) in [7, 11) is 0. The van der Waals surface area contributed by atoms with Crippen LogP contribution in [0, 0.1) is 0 Å². The minimum Gasteiger partial charge on any atom is -0.354 e.